The second-order valence-corrected chi connectivity index (χ2v) is 10.0. The number of aromatic nitrogens is 4. The van der Waals surface area contributed by atoms with E-state index < -0.39 is 0 Å². The Bertz CT molecular complexity index is 1030. The van der Waals surface area contributed by atoms with Gasteiger partial charge in [0.15, 0.2) is 22.5 Å². The first-order valence-corrected chi connectivity index (χ1v) is 13.4. The van der Waals surface area contributed by atoms with Crippen molar-refractivity contribution in [1.82, 2.24) is 19.7 Å². The van der Waals surface area contributed by atoms with Crippen LogP contribution in [0.4, 0.5) is 0 Å². The van der Waals surface area contributed by atoms with Crippen LogP contribution in [0.15, 0.2) is 22.7 Å². The molecule has 0 aliphatic heterocycles. The van der Waals surface area contributed by atoms with Gasteiger partial charge in [0.2, 0.25) is 5.75 Å². The largest absolute Gasteiger partial charge is 0.493 e. The molecule has 0 N–H and O–H groups in total. The summed E-state index contributed by atoms with van der Waals surface area (Å²) in [6, 6.07) is 4.30. The van der Waals surface area contributed by atoms with E-state index in [0.717, 1.165) is 53.7 Å². The Morgan fingerprint density at radius 3 is 2.39 bits per heavy atom. The van der Waals surface area contributed by atoms with Crippen molar-refractivity contribution >= 4 is 23.1 Å². The fourth-order valence-electron chi connectivity index (χ4n) is 4.33. The van der Waals surface area contributed by atoms with Crippen LogP contribution in [0.25, 0.3) is 11.4 Å². The molecule has 0 spiro atoms. The predicted molar refractivity (Wildman–Crippen MR) is 133 cm³/mol. The summed E-state index contributed by atoms with van der Waals surface area (Å²) in [6.45, 7) is 2.19. The van der Waals surface area contributed by atoms with Crippen LogP contribution in [0.5, 0.6) is 17.2 Å². The van der Waals surface area contributed by atoms with Gasteiger partial charge in [0.25, 0.3) is 0 Å². The lowest BCUT2D eigenvalue weighted by atomic mass is 9.95. The number of nitrogens with zero attached hydrogens (tertiary/aromatic N) is 4. The van der Waals surface area contributed by atoms with Gasteiger partial charge < -0.3 is 14.2 Å². The third-order valence-electron chi connectivity index (χ3n) is 5.94. The molecule has 1 aromatic carbocycles. The molecule has 3 aromatic rings. The zero-order valence-corrected chi connectivity index (χ0v) is 21.4. The monoisotopic (exact) mass is 488 g/mol. The van der Waals surface area contributed by atoms with E-state index >= 15 is 0 Å². The molecule has 0 unspecified atom stereocenters. The first-order chi connectivity index (χ1) is 16.2. The van der Waals surface area contributed by atoms with Gasteiger partial charge in [0.05, 0.1) is 32.0 Å². The molecular weight excluding hydrogens is 456 g/mol. The maximum absolute atomic E-state index is 5.59. The minimum absolute atomic E-state index is 0.386. The Kier molecular flexibility index (Phi) is 8.14. The third kappa shape index (κ3) is 5.30. The first-order valence-electron chi connectivity index (χ1n) is 11.5. The topological polar surface area (TPSA) is 71.3 Å². The van der Waals surface area contributed by atoms with Crippen molar-refractivity contribution in [3.05, 3.63) is 28.2 Å². The molecule has 1 aliphatic rings. The molecule has 2 heterocycles. The molecular formula is C24H32N4O3S2. The molecule has 0 saturated heterocycles. The van der Waals surface area contributed by atoms with Gasteiger partial charge in [-0.05, 0) is 37.8 Å². The average molecular weight is 489 g/mol. The third-order valence-corrected chi connectivity index (χ3v) is 7.87. The van der Waals surface area contributed by atoms with Gasteiger partial charge in [-0.2, -0.15) is 0 Å². The Morgan fingerprint density at radius 1 is 1.03 bits per heavy atom. The smallest absolute Gasteiger partial charge is 0.203 e. The molecule has 2 aromatic heterocycles. The molecule has 0 radical (unpaired) electrons. The Labute approximate surface area is 203 Å². The molecule has 33 heavy (non-hydrogen) atoms. The predicted octanol–water partition coefficient (Wildman–Crippen LogP) is 6.18. The molecule has 0 amide bonds. The normalized spacial score (nSPS) is 14.4. The van der Waals surface area contributed by atoms with E-state index in [4.69, 9.17) is 19.2 Å². The summed E-state index contributed by atoms with van der Waals surface area (Å²) in [6.07, 6.45) is 8.19. The highest BCUT2D eigenvalue weighted by Crippen LogP contribution is 2.43. The van der Waals surface area contributed by atoms with Gasteiger partial charge in [0, 0.05) is 22.7 Å². The van der Waals surface area contributed by atoms with Crippen LogP contribution in [-0.4, -0.2) is 41.1 Å². The van der Waals surface area contributed by atoms with Crippen LogP contribution in [0.1, 0.15) is 62.2 Å². The van der Waals surface area contributed by atoms with Crippen molar-refractivity contribution in [3.8, 4) is 28.6 Å². The Morgan fingerprint density at radius 2 is 1.76 bits per heavy atom. The highest BCUT2D eigenvalue weighted by Gasteiger charge is 2.26. The average Bonchev–Trinajstić information content (AvgIpc) is 3.49. The van der Waals surface area contributed by atoms with Gasteiger partial charge in [-0.1, -0.05) is 37.9 Å². The number of benzene rings is 1. The van der Waals surface area contributed by atoms with E-state index in [-0.39, 0.29) is 0 Å². The molecule has 1 aliphatic carbocycles. The van der Waals surface area contributed by atoms with Crippen molar-refractivity contribution in [2.45, 2.75) is 68.8 Å². The highest BCUT2D eigenvalue weighted by molar-refractivity contribution is 7.98. The van der Waals surface area contributed by atoms with Crippen LogP contribution >= 0.6 is 23.1 Å². The molecule has 1 fully saturated rings. The van der Waals surface area contributed by atoms with Crippen LogP contribution in [-0.2, 0) is 12.2 Å². The number of methoxy groups -OCH3 is 3. The van der Waals surface area contributed by atoms with Crippen LogP contribution in [0.3, 0.4) is 0 Å². The van der Waals surface area contributed by atoms with Gasteiger partial charge in [-0.3, -0.25) is 4.57 Å². The standard InChI is InChI=1S/C24H32N4O3S2/c1-5-9-21-25-17(14-32-21)15-33-24-27-26-23(28(24)18-10-7-6-8-11-18)16-12-19(29-2)22(31-4)20(13-16)30-3/h12-14,18H,5-11,15H2,1-4H3. The summed E-state index contributed by atoms with van der Waals surface area (Å²) in [7, 11) is 4.88. The fraction of sp³-hybridized carbons (Fsp3) is 0.542. The molecule has 9 heteroatoms. The molecule has 7 nitrogen and oxygen atoms in total. The quantitative estimate of drug-likeness (QED) is 0.316. The van der Waals surface area contributed by atoms with E-state index in [0.29, 0.717) is 23.3 Å². The summed E-state index contributed by atoms with van der Waals surface area (Å²) in [5.41, 5.74) is 2.02. The van der Waals surface area contributed by atoms with Crippen molar-refractivity contribution in [2.24, 2.45) is 0 Å². The van der Waals surface area contributed by atoms with Gasteiger partial charge in [-0.15, -0.1) is 21.5 Å². The van der Waals surface area contributed by atoms with Crippen molar-refractivity contribution in [1.29, 1.82) is 0 Å². The van der Waals surface area contributed by atoms with Crippen LogP contribution in [0, 0.1) is 0 Å². The summed E-state index contributed by atoms with van der Waals surface area (Å²) in [5, 5.41) is 13.6. The lowest BCUT2D eigenvalue weighted by molar-refractivity contribution is 0.324. The van der Waals surface area contributed by atoms with Crippen molar-refractivity contribution in [2.75, 3.05) is 21.3 Å². The van der Waals surface area contributed by atoms with Crippen molar-refractivity contribution in [3.63, 3.8) is 0 Å². The van der Waals surface area contributed by atoms with E-state index in [1.54, 1.807) is 44.4 Å². The number of rotatable bonds is 10. The minimum Gasteiger partial charge on any atom is -0.493 e. The second-order valence-electron chi connectivity index (χ2n) is 8.15. The Hall–Kier alpha value is -2.26. The highest BCUT2D eigenvalue weighted by atomic mass is 32.2. The lowest BCUT2D eigenvalue weighted by Crippen LogP contribution is -2.15. The maximum Gasteiger partial charge on any atom is 0.203 e. The van der Waals surface area contributed by atoms with Crippen LogP contribution in [0.2, 0.25) is 0 Å². The minimum atomic E-state index is 0.386. The van der Waals surface area contributed by atoms with E-state index in [1.165, 1.54) is 24.3 Å². The van der Waals surface area contributed by atoms with Crippen molar-refractivity contribution < 1.29 is 14.2 Å². The molecule has 0 bridgehead atoms. The fourth-order valence-corrected chi connectivity index (χ4v) is 6.24. The zero-order valence-electron chi connectivity index (χ0n) is 19.8. The number of ether oxygens (including phenoxy) is 3. The maximum atomic E-state index is 5.59. The van der Waals surface area contributed by atoms with Gasteiger partial charge in [-0.25, -0.2) is 4.98 Å². The van der Waals surface area contributed by atoms with E-state index in [9.17, 15) is 0 Å². The van der Waals surface area contributed by atoms with Gasteiger partial charge in [0.1, 0.15) is 0 Å². The number of thiazole rings is 1. The second kappa shape index (κ2) is 11.2. The SMILES string of the molecule is CCCc1nc(CSc2nnc(-c3cc(OC)c(OC)c(OC)c3)n2C2CCCCC2)cs1. The van der Waals surface area contributed by atoms with E-state index in [2.05, 4.69) is 27.1 Å². The summed E-state index contributed by atoms with van der Waals surface area (Å²) >= 11 is 3.46. The molecule has 178 valence electrons. The number of aryl methyl sites for hydroxylation is 1. The number of thioether (sulfide) groups is 1. The summed E-state index contributed by atoms with van der Waals surface area (Å²) in [5.74, 6) is 3.44. The lowest BCUT2D eigenvalue weighted by Gasteiger charge is -2.26. The van der Waals surface area contributed by atoms with Gasteiger partial charge >= 0.3 is 0 Å². The zero-order chi connectivity index (χ0) is 23.2. The van der Waals surface area contributed by atoms with Crippen LogP contribution < -0.4 is 14.2 Å². The summed E-state index contributed by atoms with van der Waals surface area (Å²) in [4.78, 5) is 4.78. The van der Waals surface area contributed by atoms with E-state index in [1.807, 2.05) is 12.1 Å². The number of hydrogen-bond donors (Lipinski definition) is 0. The first kappa shape index (κ1) is 23.9. The molecule has 1 saturated carbocycles. The Balaban J connectivity index is 1.69. The molecule has 4 rings (SSSR count). The molecule has 0 atom stereocenters. The summed E-state index contributed by atoms with van der Waals surface area (Å²) < 4.78 is 19.0. The number of hydrogen-bond acceptors (Lipinski definition) is 8.